The molecule has 0 saturated heterocycles. The first-order valence-electron chi connectivity index (χ1n) is 6.51. The number of fused-ring (bicyclic) bond motifs is 1. The van der Waals surface area contributed by atoms with Gasteiger partial charge in [-0.1, -0.05) is 18.2 Å². The number of halogens is 1. The van der Waals surface area contributed by atoms with Crippen LogP contribution in [0, 0.1) is 0 Å². The number of nitrogens with one attached hydrogen (secondary N) is 1. The molecule has 0 aliphatic carbocycles. The minimum Gasteiger partial charge on any atom is -0.493 e. The third kappa shape index (κ3) is 4.52. The Kier molecular flexibility index (Phi) is 7.08. The van der Waals surface area contributed by atoms with E-state index in [1.54, 1.807) is 7.11 Å². The predicted molar refractivity (Wildman–Crippen MR) is 90.8 cm³/mol. The lowest BCUT2D eigenvalue weighted by Crippen LogP contribution is -2.37. The Labute approximate surface area is 137 Å². The van der Waals surface area contributed by atoms with E-state index >= 15 is 0 Å². The zero-order valence-electron chi connectivity index (χ0n) is 11.8. The van der Waals surface area contributed by atoms with Crippen molar-refractivity contribution in [2.45, 2.75) is 25.5 Å². The van der Waals surface area contributed by atoms with Crippen LogP contribution in [0.5, 0.6) is 5.75 Å². The SMILES string of the molecule is COC(C)CN=C(N)NC1CCOc2ccccc21.I. The summed E-state index contributed by atoms with van der Waals surface area (Å²) in [6.07, 6.45) is 0.954. The Hall–Kier alpha value is -1.02. The summed E-state index contributed by atoms with van der Waals surface area (Å²) < 4.78 is 10.7. The molecule has 0 bridgehead atoms. The topological polar surface area (TPSA) is 68.9 Å². The average molecular weight is 391 g/mol. The van der Waals surface area contributed by atoms with Crippen molar-refractivity contribution in [1.82, 2.24) is 5.32 Å². The van der Waals surface area contributed by atoms with Crippen molar-refractivity contribution in [3.63, 3.8) is 0 Å². The molecular formula is C14H22IN3O2. The molecule has 20 heavy (non-hydrogen) atoms. The van der Waals surface area contributed by atoms with E-state index in [4.69, 9.17) is 15.2 Å². The van der Waals surface area contributed by atoms with Gasteiger partial charge in [0.2, 0.25) is 0 Å². The molecule has 1 aromatic carbocycles. The summed E-state index contributed by atoms with van der Waals surface area (Å²) >= 11 is 0. The molecular weight excluding hydrogens is 369 g/mol. The minimum atomic E-state index is 0. The van der Waals surface area contributed by atoms with Gasteiger partial charge in [0.1, 0.15) is 5.75 Å². The monoisotopic (exact) mass is 391 g/mol. The van der Waals surface area contributed by atoms with Gasteiger partial charge in [0.15, 0.2) is 5.96 Å². The van der Waals surface area contributed by atoms with Crippen LogP contribution in [0.15, 0.2) is 29.3 Å². The van der Waals surface area contributed by atoms with Crippen LogP contribution in [0.25, 0.3) is 0 Å². The van der Waals surface area contributed by atoms with Crippen LogP contribution in [0.2, 0.25) is 0 Å². The first-order valence-corrected chi connectivity index (χ1v) is 6.51. The number of hydrogen-bond acceptors (Lipinski definition) is 3. The predicted octanol–water partition coefficient (Wildman–Crippen LogP) is 2.07. The summed E-state index contributed by atoms with van der Waals surface area (Å²) in [5.41, 5.74) is 7.04. The van der Waals surface area contributed by atoms with Crippen LogP contribution in [0.1, 0.15) is 24.9 Å². The quantitative estimate of drug-likeness (QED) is 0.469. The number of benzene rings is 1. The van der Waals surface area contributed by atoms with Crippen LogP contribution in [0.4, 0.5) is 0 Å². The highest BCUT2D eigenvalue weighted by Crippen LogP contribution is 2.31. The smallest absolute Gasteiger partial charge is 0.189 e. The van der Waals surface area contributed by atoms with Crippen LogP contribution >= 0.6 is 24.0 Å². The maximum absolute atomic E-state index is 5.91. The number of guanidine groups is 1. The molecule has 6 heteroatoms. The Morgan fingerprint density at radius 1 is 1.55 bits per heavy atom. The number of para-hydroxylation sites is 1. The van der Waals surface area contributed by atoms with E-state index < -0.39 is 0 Å². The third-order valence-corrected chi connectivity index (χ3v) is 3.20. The largest absolute Gasteiger partial charge is 0.493 e. The molecule has 1 aliphatic rings. The fourth-order valence-electron chi connectivity index (χ4n) is 2.02. The van der Waals surface area contributed by atoms with E-state index in [2.05, 4.69) is 16.4 Å². The fourth-order valence-corrected chi connectivity index (χ4v) is 2.02. The Bertz CT molecular complexity index is 454. The van der Waals surface area contributed by atoms with Gasteiger partial charge in [-0.25, -0.2) is 0 Å². The van der Waals surface area contributed by atoms with E-state index in [0.29, 0.717) is 19.1 Å². The average Bonchev–Trinajstić information content (AvgIpc) is 2.45. The van der Waals surface area contributed by atoms with Gasteiger partial charge < -0.3 is 20.5 Å². The van der Waals surface area contributed by atoms with Gasteiger partial charge in [-0.05, 0) is 13.0 Å². The summed E-state index contributed by atoms with van der Waals surface area (Å²) in [4.78, 5) is 4.28. The normalized spacial score (nSPS) is 19.3. The van der Waals surface area contributed by atoms with Crippen molar-refractivity contribution in [3.8, 4) is 5.75 Å². The second-order valence-electron chi connectivity index (χ2n) is 4.64. The van der Waals surface area contributed by atoms with Crippen LogP contribution in [0.3, 0.4) is 0 Å². The number of ether oxygens (including phenoxy) is 2. The molecule has 0 amide bonds. The number of nitrogens with two attached hydrogens (primary N) is 1. The number of aliphatic imine (C=N–C) groups is 1. The highest BCUT2D eigenvalue weighted by atomic mass is 127. The maximum atomic E-state index is 5.91. The number of hydrogen-bond donors (Lipinski definition) is 2. The van der Waals surface area contributed by atoms with Gasteiger partial charge in [0.05, 0.1) is 25.3 Å². The molecule has 112 valence electrons. The second-order valence-corrected chi connectivity index (χ2v) is 4.64. The summed E-state index contributed by atoms with van der Waals surface area (Å²) in [6, 6.07) is 8.16. The molecule has 0 radical (unpaired) electrons. The lowest BCUT2D eigenvalue weighted by Gasteiger charge is -2.27. The fraction of sp³-hybridized carbons (Fsp3) is 0.500. The molecule has 0 saturated carbocycles. The van der Waals surface area contributed by atoms with Crippen LogP contribution < -0.4 is 15.8 Å². The first-order chi connectivity index (χ1) is 9.20. The highest BCUT2D eigenvalue weighted by molar-refractivity contribution is 14.0. The standard InChI is InChI=1S/C14H21N3O2.HI/c1-10(18-2)9-16-14(15)17-12-7-8-19-13-6-4-3-5-11(12)13;/h3-6,10,12H,7-9H2,1-2H3,(H3,15,16,17);1H. The molecule has 0 fully saturated rings. The molecule has 2 rings (SSSR count). The van der Waals surface area contributed by atoms with Gasteiger partial charge in [-0.15, -0.1) is 24.0 Å². The van der Waals surface area contributed by atoms with E-state index in [0.717, 1.165) is 17.7 Å². The lowest BCUT2D eigenvalue weighted by atomic mass is 10.0. The van der Waals surface area contributed by atoms with E-state index in [1.807, 2.05) is 25.1 Å². The number of rotatable bonds is 4. The molecule has 1 heterocycles. The molecule has 0 spiro atoms. The summed E-state index contributed by atoms with van der Waals surface area (Å²) in [5, 5.41) is 3.25. The zero-order valence-corrected chi connectivity index (χ0v) is 14.2. The lowest BCUT2D eigenvalue weighted by molar-refractivity contribution is 0.125. The van der Waals surface area contributed by atoms with Gasteiger partial charge in [0.25, 0.3) is 0 Å². The van der Waals surface area contributed by atoms with E-state index in [9.17, 15) is 0 Å². The summed E-state index contributed by atoms with van der Waals surface area (Å²) in [7, 11) is 1.67. The highest BCUT2D eigenvalue weighted by Gasteiger charge is 2.21. The molecule has 2 atom stereocenters. The molecule has 1 aliphatic heterocycles. The molecule has 0 aromatic heterocycles. The Balaban J connectivity index is 0.00000200. The molecule has 1 aromatic rings. The van der Waals surface area contributed by atoms with E-state index in [-0.39, 0.29) is 36.1 Å². The van der Waals surface area contributed by atoms with Gasteiger partial charge >= 0.3 is 0 Å². The minimum absolute atomic E-state index is 0. The first kappa shape index (κ1) is 17.0. The second kappa shape index (κ2) is 8.31. The Morgan fingerprint density at radius 2 is 2.30 bits per heavy atom. The van der Waals surface area contributed by atoms with Crippen LogP contribution in [-0.2, 0) is 4.74 Å². The molecule has 3 N–H and O–H groups in total. The van der Waals surface area contributed by atoms with Crippen LogP contribution in [-0.4, -0.2) is 32.3 Å². The Morgan fingerprint density at radius 3 is 3.05 bits per heavy atom. The van der Waals surface area contributed by atoms with Gasteiger partial charge in [-0.3, -0.25) is 4.99 Å². The zero-order chi connectivity index (χ0) is 13.7. The van der Waals surface area contributed by atoms with E-state index in [1.165, 1.54) is 0 Å². The van der Waals surface area contributed by atoms with Crippen molar-refractivity contribution in [2.24, 2.45) is 10.7 Å². The van der Waals surface area contributed by atoms with Crippen molar-refractivity contribution in [1.29, 1.82) is 0 Å². The van der Waals surface area contributed by atoms with Gasteiger partial charge in [0, 0.05) is 19.1 Å². The van der Waals surface area contributed by atoms with Crippen molar-refractivity contribution in [2.75, 3.05) is 20.3 Å². The maximum Gasteiger partial charge on any atom is 0.189 e. The summed E-state index contributed by atoms with van der Waals surface area (Å²) in [5.74, 6) is 1.37. The number of methoxy groups -OCH3 is 1. The number of nitrogens with zero attached hydrogens (tertiary/aromatic N) is 1. The van der Waals surface area contributed by atoms with Crippen molar-refractivity contribution >= 4 is 29.9 Å². The summed E-state index contributed by atoms with van der Waals surface area (Å²) in [6.45, 7) is 3.21. The molecule has 5 nitrogen and oxygen atoms in total. The van der Waals surface area contributed by atoms with Crippen molar-refractivity contribution < 1.29 is 9.47 Å². The third-order valence-electron chi connectivity index (χ3n) is 3.20. The van der Waals surface area contributed by atoms with Crippen molar-refractivity contribution in [3.05, 3.63) is 29.8 Å². The molecule has 2 unspecified atom stereocenters. The van der Waals surface area contributed by atoms with Gasteiger partial charge in [-0.2, -0.15) is 0 Å².